The summed E-state index contributed by atoms with van der Waals surface area (Å²) in [5, 5.41) is 19.7. The van der Waals surface area contributed by atoms with Crippen LogP contribution in [0.1, 0.15) is 18.4 Å². The van der Waals surface area contributed by atoms with Crippen molar-refractivity contribution in [2.24, 2.45) is 0 Å². The Kier molecular flexibility index (Phi) is 2.78. The van der Waals surface area contributed by atoms with E-state index in [1.807, 2.05) is 0 Å². The van der Waals surface area contributed by atoms with Crippen molar-refractivity contribution in [3.63, 3.8) is 0 Å². The second kappa shape index (κ2) is 3.96. The number of ether oxygens (including phenoxy) is 1. The Morgan fingerprint density at radius 3 is 2.94 bits per heavy atom. The van der Waals surface area contributed by atoms with Crippen molar-refractivity contribution >= 4 is 17.6 Å². The average Bonchev–Trinajstić information content (AvgIpc) is 2.40. The van der Waals surface area contributed by atoms with Gasteiger partial charge in [0.25, 0.3) is 0 Å². The molecular weight excluding hydrogens is 232 g/mol. The number of halogens is 1. The van der Waals surface area contributed by atoms with Gasteiger partial charge in [-0.2, -0.15) is 0 Å². The van der Waals surface area contributed by atoms with Crippen LogP contribution in [-0.2, 0) is 10.4 Å². The predicted molar refractivity (Wildman–Crippen MR) is 57.7 cm³/mol. The minimum Gasteiger partial charge on any atom is -0.493 e. The molecule has 2 N–H and O–H groups in total. The Balaban J connectivity index is 2.59. The highest BCUT2D eigenvalue weighted by Gasteiger charge is 2.41. The molecule has 86 valence electrons. The van der Waals surface area contributed by atoms with Crippen molar-refractivity contribution in [2.75, 3.05) is 6.61 Å². The summed E-state index contributed by atoms with van der Waals surface area (Å²) in [4.78, 5) is 11.2. The van der Waals surface area contributed by atoms with E-state index in [9.17, 15) is 9.90 Å². The Hall–Kier alpha value is -1.26. The molecule has 0 aliphatic carbocycles. The van der Waals surface area contributed by atoms with Crippen molar-refractivity contribution in [1.29, 1.82) is 0 Å². The zero-order valence-electron chi connectivity index (χ0n) is 8.44. The van der Waals surface area contributed by atoms with Gasteiger partial charge in [-0.1, -0.05) is 11.6 Å². The molecule has 0 amide bonds. The van der Waals surface area contributed by atoms with Gasteiger partial charge in [-0.15, -0.1) is 0 Å². The number of aliphatic carboxylic acids is 1. The number of carboxylic acid groups (broad SMARTS) is 1. The maximum Gasteiger partial charge on any atom is 0.340 e. The molecule has 16 heavy (non-hydrogen) atoms. The minimum absolute atomic E-state index is 0.121. The second-order valence-corrected chi connectivity index (χ2v) is 4.19. The van der Waals surface area contributed by atoms with E-state index in [1.165, 1.54) is 6.07 Å². The zero-order valence-corrected chi connectivity index (χ0v) is 9.20. The van der Waals surface area contributed by atoms with E-state index in [0.29, 0.717) is 23.8 Å². The quantitative estimate of drug-likeness (QED) is 0.788. The van der Waals surface area contributed by atoms with E-state index in [2.05, 4.69) is 0 Å². The van der Waals surface area contributed by atoms with Gasteiger partial charge in [0.1, 0.15) is 5.75 Å². The van der Waals surface area contributed by atoms with Crippen LogP contribution in [0.4, 0.5) is 0 Å². The Morgan fingerprint density at radius 1 is 1.50 bits per heavy atom. The van der Waals surface area contributed by atoms with Crippen LogP contribution in [0.3, 0.4) is 0 Å². The summed E-state index contributed by atoms with van der Waals surface area (Å²) in [5.41, 5.74) is -1.68. The molecule has 0 fully saturated rings. The lowest BCUT2D eigenvalue weighted by molar-refractivity contribution is -0.160. The van der Waals surface area contributed by atoms with Crippen molar-refractivity contribution < 1.29 is 19.7 Å². The largest absolute Gasteiger partial charge is 0.493 e. The number of carboxylic acids is 1. The van der Waals surface area contributed by atoms with Gasteiger partial charge < -0.3 is 14.9 Å². The molecule has 1 atom stereocenters. The number of hydrogen-bond donors (Lipinski definition) is 2. The fourth-order valence-electron chi connectivity index (χ4n) is 1.82. The van der Waals surface area contributed by atoms with Gasteiger partial charge in [0, 0.05) is 10.6 Å². The number of rotatable bonds is 1. The average molecular weight is 243 g/mol. The number of benzene rings is 1. The fraction of sp³-hybridized carbons (Fsp3) is 0.364. The van der Waals surface area contributed by atoms with Crippen molar-refractivity contribution in [1.82, 2.24) is 0 Å². The summed E-state index contributed by atoms with van der Waals surface area (Å²) in [7, 11) is 0. The van der Waals surface area contributed by atoms with Crippen molar-refractivity contribution in [2.45, 2.75) is 18.4 Å². The summed E-state index contributed by atoms with van der Waals surface area (Å²) in [6.07, 6.45) is 0.602. The number of hydrogen-bond acceptors (Lipinski definition) is 3. The first kappa shape index (κ1) is 11.2. The topological polar surface area (TPSA) is 66.8 Å². The molecule has 1 unspecified atom stereocenters. The van der Waals surface area contributed by atoms with E-state index in [-0.39, 0.29) is 12.0 Å². The first-order valence-corrected chi connectivity index (χ1v) is 5.30. The van der Waals surface area contributed by atoms with Crippen molar-refractivity contribution in [3.05, 3.63) is 28.8 Å². The molecule has 0 aromatic heterocycles. The van der Waals surface area contributed by atoms with Gasteiger partial charge in [0.05, 0.1) is 6.61 Å². The first-order valence-electron chi connectivity index (χ1n) is 4.92. The lowest BCUT2D eigenvalue weighted by atomic mass is 9.89. The molecule has 1 aliphatic heterocycles. The molecule has 0 saturated carbocycles. The third kappa shape index (κ3) is 1.74. The van der Waals surface area contributed by atoms with Crippen LogP contribution >= 0.6 is 11.6 Å². The molecule has 0 saturated heterocycles. The number of carbonyl (C=O) groups is 1. The number of aliphatic hydroxyl groups is 1. The lowest BCUT2D eigenvalue weighted by Crippen LogP contribution is -2.35. The van der Waals surface area contributed by atoms with Gasteiger partial charge in [-0.25, -0.2) is 4.79 Å². The van der Waals surface area contributed by atoms with E-state index in [1.54, 1.807) is 12.1 Å². The summed E-state index contributed by atoms with van der Waals surface area (Å²) < 4.78 is 5.37. The van der Waals surface area contributed by atoms with E-state index in [0.717, 1.165) is 0 Å². The third-order valence-corrected chi connectivity index (χ3v) is 2.92. The van der Waals surface area contributed by atoms with Gasteiger partial charge in [0.15, 0.2) is 5.60 Å². The van der Waals surface area contributed by atoms with E-state index < -0.39 is 11.6 Å². The molecule has 0 bridgehead atoms. The van der Waals surface area contributed by atoms with E-state index >= 15 is 0 Å². The Bertz CT molecular complexity index is 432. The summed E-state index contributed by atoms with van der Waals surface area (Å²) in [5.74, 6) is -0.895. The maximum absolute atomic E-state index is 11.2. The van der Waals surface area contributed by atoms with Gasteiger partial charge >= 0.3 is 5.97 Å². The van der Waals surface area contributed by atoms with Crippen LogP contribution in [0.15, 0.2) is 18.2 Å². The molecule has 4 nitrogen and oxygen atoms in total. The molecule has 1 heterocycles. The molecule has 0 radical (unpaired) electrons. The Labute approximate surface area is 97.4 Å². The summed E-state index contributed by atoms with van der Waals surface area (Å²) in [6, 6.07) is 4.63. The van der Waals surface area contributed by atoms with Crippen LogP contribution in [-0.4, -0.2) is 22.8 Å². The van der Waals surface area contributed by atoms with Crippen LogP contribution < -0.4 is 4.74 Å². The van der Waals surface area contributed by atoms with Gasteiger partial charge in [-0.05, 0) is 31.0 Å². The lowest BCUT2D eigenvalue weighted by Gasteiger charge is -2.22. The highest BCUT2D eigenvalue weighted by atomic mass is 35.5. The summed E-state index contributed by atoms with van der Waals surface area (Å²) in [6.45, 7) is 0.393. The fourth-order valence-corrected chi connectivity index (χ4v) is 1.99. The van der Waals surface area contributed by atoms with Gasteiger partial charge in [0.2, 0.25) is 0 Å². The molecule has 0 spiro atoms. The molecule has 1 aromatic carbocycles. The Morgan fingerprint density at radius 2 is 2.25 bits per heavy atom. The SMILES string of the molecule is O=C(O)C1(O)CCCOc2ccc(Cl)cc21. The second-order valence-electron chi connectivity index (χ2n) is 3.76. The normalized spacial score (nSPS) is 24.1. The number of fused-ring (bicyclic) bond motifs is 1. The van der Waals surface area contributed by atoms with Crippen molar-refractivity contribution in [3.8, 4) is 5.75 Å². The predicted octanol–water partition coefficient (Wildman–Crippen LogP) is 1.78. The molecule has 1 aromatic rings. The van der Waals surface area contributed by atoms with Crippen LogP contribution in [0.2, 0.25) is 5.02 Å². The molecule has 1 aliphatic rings. The van der Waals surface area contributed by atoms with E-state index in [4.69, 9.17) is 21.4 Å². The highest BCUT2D eigenvalue weighted by Crippen LogP contribution is 2.38. The monoisotopic (exact) mass is 242 g/mol. The maximum atomic E-state index is 11.2. The zero-order chi connectivity index (χ0) is 11.8. The first-order chi connectivity index (χ1) is 7.54. The molecule has 5 heteroatoms. The third-order valence-electron chi connectivity index (χ3n) is 2.68. The van der Waals surface area contributed by atoms with Crippen LogP contribution in [0.5, 0.6) is 5.75 Å². The minimum atomic E-state index is -1.91. The molecular formula is C11H11ClO4. The standard InChI is InChI=1S/C11H11ClO4/c12-7-2-3-9-8(6-7)11(15,10(13)14)4-1-5-16-9/h2-3,6,15H,1,4-5H2,(H,13,14). The van der Waals surface area contributed by atoms with Crippen LogP contribution in [0, 0.1) is 0 Å². The molecule has 2 rings (SSSR count). The van der Waals surface area contributed by atoms with Gasteiger partial charge in [-0.3, -0.25) is 0 Å². The van der Waals surface area contributed by atoms with Crippen LogP contribution in [0.25, 0.3) is 0 Å². The summed E-state index contributed by atoms with van der Waals surface area (Å²) >= 11 is 5.80. The smallest absolute Gasteiger partial charge is 0.340 e. The highest BCUT2D eigenvalue weighted by molar-refractivity contribution is 6.30.